The minimum absolute atomic E-state index is 0.120. The summed E-state index contributed by atoms with van der Waals surface area (Å²) < 4.78 is 87.7. The maximum atomic E-state index is 11.8. The molecule has 0 radical (unpaired) electrons. The first kappa shape index (κ1) is 21.6. The van der Waals surface area contributed by atoms with E-state index in [4.69, 9.17) is 10.3 Å². The molecule has 0 unspecified atom stereocenters. The normalized spacial score (nSPS) is 12.9. The van der Waals surface area contributed by atoms with Crippen LogP contribution in [0.5, 0.6) is 0 Å². The van der Waals surface area contributed by atoms with Crippen LogP contribution < -0.4 is 5.73 Å². The molecule has 0 heterocycles. The molecule has 0 spiro atoms. The molecule has 2 aromatic rings. The van der Waals surface area contributed by atoms with Crippen LogP contribution in [-0.2, 0) is 30.1 Å². The predicted octanol–water partition coefficient (Wildman–Crippen LogP) is 2.09. The van der Waals surface area contributed by atoms with Gasteiger partial charge in [-0.1, -0.05) is 6.58 Å². The zero-order valence-corrected chi connectivity index (χ0v) is 16.2. The number of nitrogens with two attached hydrogens (primary N) is 1. The van der Waals surface area contributed by atoms with E-state index < -0.39 is 50.4 Å². The molecule has 11 nitrogen and oxygen atoms in total. The molecule has 14 heteroatoms. The first-order valence-corrected chi connectivity index (χ1v) is 11.5. The molecule has 0 saturated carbocycles. The van der Waals surface area contributed by atoms with Crippen LogP contribution in [0.1, 0.15) is 0 Å². The molecular weight excluding hydrogens is 434 g/mol. The van der Waals surface area contributed by atoms with Gasteiger partial charge in [-0.15, -0.1) is 5.11 Å². The summed E-state index contributed by atoms with van der Waals surface area (Å²) in [5, 5.41) is 7.82. The lowest BCUT2D eigenvalue weighted by atomic mass is 10.3. The second-order valence-corrected chi connectivity index (χ2v) is 9.89. The fourth-order valence-corrected chi connectivity index (χ4v) is 4.07. The molecule has 28 heavy (non-hydrogen) atoms. The summed E-state index contributed by atoms with van der Waals surface area (Å²) in [5.41, 5.74) is 4.65. The highest BCUT2D eigenvalue weighted by molar-refractivity contribution is 7.94. The first-order valence-electron chi connectivity index (χ1n) is 7.03. The Bertz CT molecular complexity index is 1300. The molecule has 0 aliphatic carbocycles. The Labute approximate surface area is 160 Å². The fourth-order valence-electron chi connectivity index (χ4n) is 1.98. The standard InChI is InChI=1S/C14H13N3O8S3/c1-2-26(18,19)10-4-6-12(14(8-10)28(23,24)25)17-16-9-3-5-11(15)13(7-9)27(20,21)22/h2-8H,1,15H2,(H,20,21,22)(H,23,24,25)/b17-16+. The summed E-state index contributed by atoms with van der Waals surface area (Å²) in [6, 6.07) is 5.92. The first-order chi connectivity index (χ1) is 12.8. The maximum absolute atomic E-state index is 11.8. The van der Waals surface area contributed by atoms with Crippen LogP contribution in [0.25, 0.3) is 0 Å². The zero-order valence-electron chi connectivity index (χ0n) is 13.8. The van der Waals surface area contributed by atoms with Crippen LogP contribution >= 0.6 is 0 Å². The summed E-state index contributed by atoms with van der Waals surface area (Å²) in [4.78, 5) is -1.92. The topological polar surface area (TPSA) is 194 Å². The van der Waals surface area contributed by atoms with Gasteiger partial charge in [0.1, 0.15) is 15.5 Å². The molecule has 0 aromatic heterocycles. The number of nitrogen functional groups attached to an aromatic ring is 1. The Morgan fingerprint density at radius 3 is 2.00 bits per heavy atom. The average Bonchev–Trinajstić information content (AvgIpc) is 2.59. The van der Waals surface area contributed by atoms with Crippen molar-refractivity contribution < 1.29 is 34.4 Å². The third-order valence-corrected chi connectivity index (χ3v) is 6.45. The van der Waals surface area contributed by atoms with Gasteiger partial charge in [0.15, 0.2) is 9.84 Å². The van der Waals surface area contributed by atoms with Gasteiger partial charge in [0.05, 0.1) is 16.3 Å². The van der Waals surface area contributed by atoms with Gasteiger partial charge in [0, 0.05) is 5.41 Å². The molecule has 0 amide bonds. The number of benzene rings is 2. The van der Waals surface area contributed by atoms with Gasteiger partial charge >= 0.3 is 0 Å². The number of sulfone groups is 1. The van der Waals surface area contributed by atoms with Gasteiger partial charge in [-0.2, -0.15) is 21.9 Å². The molecule has 0 bridgehead atoms. The highest BCUT2D eigenvalue weighted by atomic mass is 32.2. The fraction of sp³-hybridized carbons (Fsp3) is 0. The smallest absolute Gasteiger partial charge is 0.296 e. The molecule has 0 saturated heterocycles. The van der Waals surface area contributed by atoms with Crippen LogP contribution in [0, 0.1) is 0 Å². The van der Waals surface area contributed by atoms with E-state index >= 15 is 0 Å². The lowest BCUT2D eigenvalue weighted by molar-refractivity contribution is 0.481. The van der Waals surface area contributed by atoms with Gasteiger partial charge in [-0.3, -0.25) is 9.11 Å². The van der Waals surface area contributed by atoms with Gasteiger partial charge in [0.2, 0.25) is 0 Å². The molecule has 4 N–H and O–H groups in total. The highest BCUT2D eigenvalue weighted by Gasteiger charge is 2.20. The summed E-state index contributed by atoms with van der Waals surface area (Å²) in [6.45, 7) is 3.11. The number of nitrogens with zero attached hydrogens (tertiary/aromatic N) is 2. The molecule has 0 aliphatic heterocycles. The van der Waals surface area contributed by atoms with E-state index in [1.165, 1.54) is 6.07 Å². The van der Waals surface area contributed by atoms with Crippen LogP contribution in [-0.4, -0.2) is 34.4 Å². The third-order valence-electron chi connectivity index (χ3n) is 3.31. The van der Waals surface area contributed by atoms with Crippen molar-refractivity contribution >= 4 is 47.1 Å². The van der Waals surface area contributed by atoms with Crippen molar-refractivity contribution in [2.75, 3.05) is 5.73 Å². The SMILES string of the molecule is C=CS(=O)(=O)c1ccc(/N=N/c2ccc(N)c(S(=O)(=O)O)c2)c(S(=O)(=O)O)c1. The van der Waals surface area contributed by atoms with E-state index in [1.807, 2.05) is 0 Å². The van der Waals surface area contributed by atoms with Crippen LogP contribution in [0.15, 0.2) is 73.3 Å². The number of hydrogen-bond acceptors (Lipinski definition) is 9. The highest BCUT2D eigenvalue weighted by Crippen LogP contribution is 2.31. The Morgan fingerprint density at radius 1 is 0.857 bits per heavy atom. The van der Waals surface area contributed by atoms with Crippen LogP contribution in [0.4, 0.5) is 17.1 Å². The second kappa shape index (κ2) is 7.40. The van der Waals surface area contributed by atoms with Crippen LogP contribution in [0.3, 0.4) is 0 Å². The van der Waals surface area contributed by atoms with Crippen molar-refractivity contribution in [2.45, 2.75) is 14.7 Å². The Balaban J connectivity index is 2.60. The molecule has 2 aromatic carbocycles. The van der Waals surface area contributed by atoms with Crippen molar-refractivity contribution in [1.82, 2.24) is 0 Å². The van der Waals surface area contributed by atoms with Crippen molar-refractivity contribution in [3.8, 4) is 0 Å². The second-order valence-electron chi connectivity index (χ2n) is 5.21. The van der Waals surface area contributed by atoms with Gasteiger partial charge in [-0.25, -0.2) is 8.42 Å². The Hall–Kier alpha value is -2.65. The van der Waals surface area contributed by atoms with Crippen molar-refractivity contribution in [3.05, 3.63) is 48.4 Å². The summed E-state index contributed by atoms with van der Waals surface area (Å²) in [7, 11) is -13.5. The third kappa shape index (κ3) is 4.79. The lowest BCUT2D eigenvalue weighted by Crippen LogP contribution is -2.02. The van der Waals surface area contributed by atoms with E-state index in [-0.39, 0.29) is 11.4 Å². The van der Waals surface area contributed by atoms with Crippen molar-refractivity contribution in [1.29, 1.82) is 0 Å². The maximum Gasteiger partial charge on any atom is 0.296 e. The van der Waals surface area contributed by atoms with Crippen molar-refractivity contribution in [3.63, 3.8) is 0 Å². The number of rotatable bonds is 6. The Kier molecular flexibility index (Phi) is 5.72. The largest absolute Gasteiger partial charge is 0.398 e. The van der Waals surface area contributed by atoms with Crippen molar-refractivity contribution in [2.24, 2.45) is 10.2 Å². The van der Waals surface area contributed by atoms with E-state index in [0.717, 1.165) is 24.3 Å². The van der Waals surface area contributed by atoms with Crippen LogP contribution in [0.2, 0.25) is 0 Å². The zero-order chi connectivity index (χ0) is 21.3. The monoisotopic (exact) mass is 447 g/mol. The minimum Gasteiger partial charge on any atom is -0.398 e. The molecular formula is C14H13N3O8S3. The summed E-state index contributed by atoms with van der Waals surface area (Å²) in [5.74, 6) is 0. The Morgan fingerprint density at radius 2 is 1.46 bits per heavy atom. The average molecular weight is 447 g/mol. The number of anilines is 1. The predicted molar refractivity (Wildman–Crippen MR) is 98.5 cm³/mol. The molecule has 2 rings (SSSR count). The molecule has 150 valence electrons. The van der Waals surface area contributed by atoms with Gasteiger partial charge in [-0.05, 0) is 36.4 Å². The van der Waals surface area contributed by atoms with E-state index in [1.54, 1.807) is 0 Å². The van der Waals surface area contributed by atoms with Gasteiger partial charge in [0.25, 0.3) is 20.2 Å². The summed E-state index contributed by atoms with van der Waals surface area (Å²) in [6.07, 6.45) is 0. The van der Waals surface area contributed by atoms with Gasteiger partial charge < -0.3 is 5.73 Å². The number of hydrogen-bond donors (Lipinski definition) is 3. The quantitative estimate of drug-likeness (QED) is 0.337. The summed E-state index contributed by atoms with van der Waals surface area (Å²) >= 11 is 0. The molecule has 0 fully saturated rings. The minimum atomic E-state index is -4.88. The molecule has 0 aliphatic rings. The number of azo groups is 1. The van der Waals surface area contributed by atoms with E-state index in [0.29, 0.717) is 11.5 Å². The lowest BCUT2D eigenvalue weighted by Gasteiger charge is -2.05. The van der Waals surface area contributed by atoms with E-state index in [9.17, 15) is 29.8 Å². The van der Waals surface area contributed by atoms with E-state index in [2.05, 4.69) is 16.8 Å². The molecule has 0 atom stereocenters.